The van der Waals surface area contributed by atoms with Gasteiger partial charge in [0.05, 0.1) is 5.56 Å². The van der Waals surface area contributed by atoms with E-state index in [2.05, 4.69) is 12.2 Å². The normalized spacial score (nSPS) is 23.1. The molecule has 1 aromatic rings. The molecule has 1 fully saturated rings. The van der Waals surface area contributed by atoms with E-state index in [1.54, 1.807) is 12.1 Å². The van der Waals surface area contributed by atoms with Crippen molar-refractivity contribution in [3.63, 3.8) is 0 Å². The van der Waals surface area contributed by atoms with Gasteiger partial charge in [-0.15, -0.1) is 0 Å². The molecule has 104 valence electrons. The van der Waals surface area contributed by atoms with Gasteiger partial charge in [-0.25, -0.2) is 4.79 Å². The Balaban J connectivity index is 2.17. The number of aryl methyl sites for hydroxylation is 1. The van der Waals surface area contributed by atoms with Gasteiger partial charge in [-0.3, -0.25) is 0 Å². The molecule has 0 spiro atoms. The van der Waals surface area contributed by atoms with Crippen molar-refractivity contribution in [1.29, 1.82) is 0 Å². The summed E-state index contributed by atoms with van der Waals surface area (Å²) < 4.78 is 0. The van der Waals surface area contributed by atoms with E-state index in [1.165, 1.54) is 32.1 Å². The van der Waals surface area contributed by atoms with Gasteiger partial charge in [-0.05, 0) is 43.4 Å². The maximum Gasteiger partial charge on any atom is 0.335 e. The van der Waals surface area contributed by atoms with E-state index < -0.39 is 5.97 Å². The highest BCUT2D eigenvalue weighted by Crippen LogP contribution is 2.30. The fourth-order valence-corrected chi connectivity index (χ4v) is 3.00. The van der Waals surface area contributed by atoms with Crippen LogP contribution < -0.4 is 5.32 Å². The SMILES string of the molecule is CCC1CCCCC1Nc1cc(C(=O)O)ccc1C. The zero-order chi connectivity index (χ0) is 13.8. The van der Waals surface area contributed by atoms with E-state index in [0.717, 1.165) is 11.3 Å². The molecule has 0 aliphatic heterocycles. The minimum absolute atomic E-state index is 0.358. The predicted octanol–water partition coefficient (Wildman–Crippen LogP) is 4.07. The maximum atomic E-state index is 11.0. The first-order chi connectivity index (χ1) is 9.11. The first-order valence-electron chi connectivity index (χ1n) is 7.22. The van der Waals surface area contributed by atoms with E-state index in [9.17, 15) is 4.79 Å². The molecule has 0 heterocycles. The molecule has 2 N–H and O–H groups in total. The number of hydrogen-bond donors (Lipinski definition) is 2. The van der Waals surface area contributed by atoms with Crippen LogP contribution in [0.1, 0.15) is 54.9 Å². The third kappa shape index (κ3) is 3.28. The lowest BCUT2D eigenvalue weighted by Crippen LogP contribution is -2.32. The van der Waals surface area contributed by atoms with Gasteiger partial charge in [0.1, 0.15) is 0 Å². The van der Waals surface area contributed by atoms with Gasteiger partial charge in [-0.1, -0.05) is 32.3 Å². The highest BCUT2D eigenvalue weighted by atomic mass is 16.4. The highest BCUT2D eigenvalue weighted by molar-refractivity contribution is 5.89. The molecule has 1 saturated carbocycles. The molecule has 19 heavy (non-hydrogen) atoms. The van der Waals surface area contributed by atoms with Gasteiger partial charge < -0.3 is 10.4 Å². The first-order valence-corrected chi connectivity index (χ1v) is 7.22. The summed E-state index contributed by atoms with van der Waals surface area (Å²) in [6, 6.07) is 5.80. The molecule has 2 unspecified atom stereocenters. The molecule has 0 radical (unpaired) electrons. The monoisotopic (exact) mass is 261 g/mol. The van der Waals surface area contributed by atoms with Crippen molar-refractivity contribution in [2.24, 2.45) is 5.92 Å². The molecule has 2 rings (SSSR count). The zero-order valence-corrected chi connectivity index (χ0v) is 11.8. The van der Waals surface area contributed by atoms with Gasteiger partial charge in [0, 0.05) is 11.7 Å². The third-order valence-electron chi connectivity index (χ3n) is 4.26. The Bertz CT molecular complexity index is 456. The molecule has 0 bridgehead atoms. The molecule has 2 atom stereocenters. The summed E-state index contributed by atoms with van der Waals surface area (Å²) in [5.41, 5.74) is 2.45. The van der Waals surface area contributed by atoms with Crippen molar-refractivity contribution in [3.05, 3.63) is 29.3 Å². The average Bonchev–Trinajstić information content (AvgIpc) is 2.41. The van der Waals surface area contributed by atoms with Crippen LogP contribution in [0.15, 0.2) is 18.2 Å². The molecular formula is C16H23NO2. The van der Waals surface area contributed by atoms with Gasteiger partial charge in [0.25, 0.3) is 0 Å². The smallest absolute Gasteiger partial charge is 0.335 e. The molecule has 3 heteroatoms. The quantitative estimate of drug-likeness (QED) is 0.858. The van der Waals surface area contributed by atoms with Crippen LogP contribution in [0, 0.1) is 12.8 Å². The molecule has 1 aromatic carbocycles. The largest absolute Gasteiger partial charge is 0.478 e. The van der Waals surface area contributed by atoms with Crippen molar-refractivity contribution in [2.75, 3.05) is 5.32 Å². The van der Waals surface area contributed by atoms with Crippen LogP contribution in [-0.4, -0.2) is 17.1 Å². The maximum absolute atomic E-state index is 11.0. The van der Waals surface area contributed by atoms with Crippen molar-refractivity contribution in [3.8, 4) is 0 Å². The van der Waals surface area contributed by atoms with Gasteiger partial charge >= 0.3 is 5.97 Å². The number of anilines is 1. The summed E-state index contributed by atoms with van der Waals surface area (Å²) in [4.78, 5) is 11.0. The average molecular weight is 261 g/mol. The fourth-order valence-electron chi connectivity index (χ4n) is 3.00. The Labute approximate surface area is 115 Å². The summed E-state index contributed by atoms with van der Waals surface area (Å²) in [7, 11) is 0. The molecule has 0 saturated heterocycles. The minimum Gasteiger partial charge on any atom is -0.478 e. The Hall–Kier alpha value is -1.51. The van der Waals surface area contributed by atoms with Crippen LogP contribution in [0.2, 0.25) is 0 Å². The number of carbonyl (C=O) groups is 1. The van der Waals surface area contributed by atoms with Gasteiger partial charge in [-0.2, -0.15) is 0 Å². The summed E-state index contributed by atoms with van der Waals surface area (Å²) in [5.74, 6) is -0.152. The van der Waals surface area contributed by atoms with E-state index in [1.807, 2.05) is 13.0 Å². The second kappa shape index (κ2) is 6.09. The molecule has 1 aliphatic carbocycles. The van der Waals surface area contributed by atoms with Gasteiger partial charge in [0.2, 0.25) is 0 Å². The van der Waals surface area contributed by atoms with Crippen molar-refractivity contribution in [2.45, 2.75) is 52.0 Å². The second-order valence-corrected chi connectivity index (χ2v) is 5.54. The van der Waals surface area contributed by atoms with Crippen LogP contribution in [0.5, 0.6) is 0 Å². The number of aromatic carboxylic acids is 1. The number of benzene rings is 1. The van der Waals surface area contributed by atoms with Crippen LogP contribution in [0.3, 0.4) is 0 Å². The third-order valence-corrected chi connectivity index (χ3v) is 4.26. The first kappa shape index (κ1) is 13.9. The van der Waals surface area contributed by atoms with Crippen LogP contribution in [0.25, 0.3) is 0 Å². The topological polar surface area (TPSA) is 49.3 Å². The van der Waals surface area contributed by atoms with Crippen LogP contribution in [-0.2, 0) is 0 Å². The Morgan fingerprint density at radius 2 is 2.11 bits per heavy atom. The highest BCUT2D eigenvalue weighted by Gasteiger charge is 2.23. The molecule has 0 amide bonds. The lowest BCUT2D eigenvalue weighted by molar-refractivity contribution is 0.0697. The lowest BCUT2D eigenvalue weighted by Gasteiger charge is -2.32. The number of rotatable bonds is 4. The molecular weight excluding hydrogens is 238 g/mol. The van der Waals surface area contributed by atoms with Crippen molar-refractivity contribution < 1.29 is 9.90 Å². The molecule has 1 aliphatic rings. The molecule has 3 nitrogen and oxygen atoms in total. The fraction of sp³-hybridized carbons (Fsp3) is 0.562. The number of carboxylic acid groups (broad SMARTS) is 1. The van der Waals surface area contributed by atoms with E-state index in [-0.39, 0.29) is 0 Å². The zero-order valence-electron chi connectivity index (χ0n) is 11.8. The summed E-state index contributed by atoms with van der Waals surface area (Å²) in [6.07, 6.45) is 6.26. The van der Waals surface area contributed by atoms with E-state index in [4.69, 9.17) is 5.11 Å². The minimum atomic E-state index is -0.862. The summed E-state index contributed by atoms with van der Waals surface area (Å²) >= 11 is 0. The van der Waals surface area contributed by atoms with Crippen molar-refractivity contribution in [1.82, 2.24) is 0 Å². The van der Waals surface area contributed by atoms with E-state index in [0.29, 0.717) is 17.5 Å². The summed E-state index contributed by atoms with van der Waals surface area (Å²) in [6.45, 7) is 4.27. The van der Waals surface area contributed by atoms with Crippen molar-refractivity contribution >= 4 is 11.7 Å². The number of nitrogens with one attached hydrogen (secondary N) is 1. The Morgan fingerprint density at radius 3 is 2.79 bits per heavy atom. The Morgan fingerprint density at radius 1 is 1.37 bits per heavy atom. The van der Waals surface area contributed by atoms with Crippen LogP contribution >= 0.6 is 0 Å². The standard InChI is InChI=1S/C16H23NO2/c1-3-12-6-4-5-7-14(12)17-15-10-13(16(18)19)9-8-11(15)2/h8-10,12,14,17H,3-7H2,1-2H3,(H,18,19). The number of carboxylic acids is 1. The number of hydrogen-bond acceptors (Lipinski definition) is 2. The van der Waals surface area contributed by atoms with E-state index >= 15 is 0 Å². The van der Waals surface area contributed by atoms with Crippen LogP contribution in [0.4, 0.5) is 5.69 Å². The van der Waals surface area contributed by atoms with Gasteiger partial charge in [0.15, 0.2) is 0 Å². The lowest BCUT2D eigenvalue weighted by atomic mass is 9.82. The predicted molar refractivity (Wildman–Crippen MR) is 77.8 cm³/mol. The Kier molecular flexibility index (Phi) is 4.46. The summed E-state index contributed by atoms with van der Waals surface area (Å²) in [5, 5.41) is 12.7. The molecule has 0 aromatic heterocycles. The second-order valence-electron chi connectivity index (χ2n) is 5.54.